The second-order valence-electron chi connectivity index (χ2n) is 7.36. The molecule has 3 aromatic rings. The number of anilines is 1. The number of Topliss-reactive ketones (excluding diaryl/α,β-unsaturated/α-hetero) is 1. The van der Waals surface area contributed by atoms with Gasteiger partial charge in [0.05, 0.1) is 11.4 Å². The molecule has 6 nitrogen and oxygen atoms in total. The minimum absolute atomic E-state index is 0.0224. The van der Waals surface area contributed by atoms with E-state index in [2.05, 4.69) is 15.6 Å². The monoisotopic (exact) mass is 485 g/mol. The van der Waals surface area contributed by atoms with Gasteiger partial charge in [0.1, 0.15) is 5.82 Å². The van der Waals surface area contributed by atoms with Gasteiger partial charge in [-0.05, 0) is 37.5 Å². The van der Waals surface area contributed by atoms with Crippen LogP contribution in [0.25, 0.3) is 11.3 Å². The van der Waals surface area contributed by atoms with Gasteiger partial charge in [-0.1, -0.05) is 30.3 Å². The Morgan fingerprint density at radius 1 is 1.09 bits per heavy atom. The van der Waals surface area contributed by atoms with Crippen LogP contribution in [0.4, 0.5) is 9.52 Å². The summed E-state index contributed by atoms with van der Waals surface area (Å²) in [6, 6.07) is 12.3. The molecular weight excluding hydrogens is 461 g/mol. The standard InChI is InChI=1S/C24H24FN3O3S2/c1-15(29)19-9-10-22(20(25)12-19)32-14-23(31)28-24-27-21(13-33-24)18-7-5-17(6-8-18)4-3-11-26-16(2)30/h5-10,12-13H,3-4,11,14H2,1-2H3,(H,26,30)(H,27,28,31). The molecule has 1 heterocycles. The van der Waals surface area contributed by atoms with E-state index in [1.165, 1.54) is 42.9 Å². The van der Waals surface area contributed by atoms with Crippen molar-refractivity contribution in [2.45, 2.75) is 31.6 Å². The summed E-state index contributed by atoms with van der Waals surface area (Å²) in [5, 5.41) is 7.87. The highest BCUT2D eigenvalue weighted by atomic mass is 32.2. The predicted octanol–water partition coefficient (Wildman–Crippen LogP) is 4.95. The lowest BCUT2D eigenvalue weighted by Crippen LogP contribution is -2.21. The van der Waals surface area contributed by atoms with Crippen molar-refractivity contribution < 1.29 is 18.8 Å². The van der Waals surface area contributed by atoms with Gasteiger partial charge in [-0.2, -0.15) is 0 Å². The van der Waals surface area contributed by atoms with Gasteiger partial charge in [0.25, 0.3) is 0 Å². The molecule has 0 bridgehead atoms. The fourth-order valence-corrected chi connectivity index (χ4v) is 4.45. The van der Waals surface area contributed by atoms with Crippen molar-refractivity contribution in [1.82, 2.24) is 10.3 Å². The van der Waals surface area contributed by atoms with Crippen LogP contribution in [-0.4, -0.2) is 34.9 Å². The molecule has 1 aromatic heterocycles. The van der Waals surface area contributed by atoms with Gasteiger partial charge in [0.2, 0.25) is 11.8 Å². The quantitative estimate of drug-likeness (QED) is 0.241. The van der Waals surface area contributed by atoms with Crippen molar-refractivity contribution in [2.75, 3.05) is 17.6 Å². The smallest absolute Gasteiger partial charge is 0.236 e. The van der Waals surface area contributed by atoms with E-state index in [1.807, 2.05) is 29.6 Å². The molecule has 0 spiro atoms. The van der Waals surface area contributed by atoms with Crippen molar-refractivity contribution >= 4 is 45.8 Å². The van der Waals surface area contributed by atoms with E-state index in [1.54, 1.807) is 6.07 Å². The molecule has 172 valence electrons. The van der Waals surface area contributed by atoms with E-state index >= 15 is 0 Å². The van der Waals surface area contributed by atoms with Crippen LogP contribution in [0.2, 0.25) is 0 Å². The molecule has 0 saturated heterocycles. The summed E-state index contributed by atoms with van der Waals surface area (Å²) in [4.78, 5) is 39.3. The minimum Gasteiger partial charge on any atom is -0.356 e. The molecule has 3 rings (SSSR count). The number of thiazole rings is 1. The van der Waals surface area contributed by atoms with Crippen LogP contribution in [0.1, 0.15) is 36.2 Å². The first-order valence-corrected chi connectivity index (χ1v) is 12.2. The molecule has 0 aliphatic heterocycles. The summed E-state index contributed by atoms with van der Waals surface area (Å²) in [5.41, 5.74) is 3.18. The second-order valence-corrected chi connectivity index (χ2v) is 9.23. The average molecular weight is 486 g/mol. The molecular formula is C24H24FN3O3S2. The number of carbonyl (C=O) groups is 3. The number of thioether (sulfide) groups is 1. The number of ketones is 1. The number of nitrogens with zero attached hydrogens (tertiary/aromatic N) is 1. The number of hydrogen-bond acceptors (Lipinski definition) is 6. The predicted molar refractivity (Wildman–Crippen MR) is 130 cm³/mol. The maximum absolute atomic E-state index is 14.1. The maximum atomic E-state index is 14.1. The highest BCUT2D eigenvalue weighted by Crippen LogP contribution is 2.27. The highest BCUT2D eigenvalue weighted by molar-refractivity contribution is 8.00. The summed E-state index contributed by atoms with van der Waals surface area (Å²) in [7, 11) is 0. The van der Waals surface area contributed by atoms with Gasteiger partial charge in [0, 0.05) is 34.9 Å². The summed E-state index contributed by atoms with van der Waals surface area (Å²) in [6.45, 7) is 3.54. The molecule has 0 aliphatic rings. The fraction of sp³-hybridized carbons (Fsp3) is 0.250. The molecule has 9 heteroatoms. The Morgan fingerprint density at radius 2 is 1.85 bits per heavy atom. The summed E-state index contributed by atoms with van der Waals surface area (Å²) in [6.07, 6.45) is 1.74. The SMILES string of the molecule is CC(=O)NCCCc1ccc(-c2csc(NC(=O)CSc3ccc(C(C)=O)cc3F)n2)cc1. The number of rotatable bonds is 10. The first-order chi connectivity index (χ1) is 15.8. The normalized spacial score (nSPS) is 10.6. The largest absolute Gasteiger partial charge is 0.356 e. The zero-order chi connectivity index (χ0) is 23.8. The third-order valence-corrected chi connectivity index (χ3v) is 6.52. The van der Waals surface area contributed by atoms with Crippen molar-refractivity contribution in [3.8, 4) is 11.3 Å². The second kappa shape index (κ2) is 11.7. The van der Waals surface area contributed by atoms with Crippen LogP contribution in [0.5, 0.6) is 0 Å². The third-order valence-electron chi connectivity index (χ3n) is 4.71. The molecule has 2 aromatic carbocycles. The maximum Gasteiger partial charge on any atom is 0.236 e. The zero-order valence-corrected chi connectivity index (χ0v) is 19.9. The van der Waals surface area contributed by atoms with E-state index in [-0.39, 0.29) is 23.4 Å². The Kier molecular flexibility index (Phi) is 8.73. The molecule has 0 atom stereocenters. The van der Waals surface area contributed by atoms with E-state index < -0.39 is 5.82 Å². The molecule has 2 N–H and O–H groups in total. The first-order valence-electron chi connectivity index (χ1n) is 10.3. The zero-order valence-electron chi connectivity index (χ0n) is 18.3. The van der Waals surface area contributed by atoms with Gasteiger partial charge >= 0.3 is 0 Å². The Bertz CT molecular complexity index is 1150. The average Bonchev–Trinajstić information content (AvgIpc) is 3.24. The summed E-state index contributed by atoms with van der Waals surface area (Å²) in [5.74, 6) is -1.01. The van der Waals surface area contributed by atoms with E-state index in [0.29, 0.717) is 22.1 Å². The van der Waals surface area contributed by atoms with Crippen molar-refractivity contribution in [3.05, 3.63) is 64.8 Å². The van der Waals surface area contributed by atoms with Crippen LogP contribution in [0.15, 0.2) is 52.7 Å². The first kappa shape index (κ1) is 24.6. The third kappa shape index (κ3) is 7.50. The molecule has 0 unspecified atom stereocenters. The lowest BCUT2D eigenvalue weighted by atomic mass is 10.1. The summed E-state index contributed by atoms with van der Waals surface area (Å²) >= 11 is 2.39. The van der Waals surface area contributed by atoms with E-state index in [4.69, 9.17) is 0 Å². The van der Waals surface area contributed by atoms with Gasteiger partial charge < -0.3 is 10.6 Å². The Morgan fingerprint density at radius 3 is 2.52 bits per heavy atom. The van der Waals surface area contributed by atoms with Gasteiger partial charge in [-0.15, -0.1) is 23.1 Å². The van der Waals surface area contributed by atoms with Gasteiger partial charge in [0.15, 0.2) is 10.9 Å². The summed E-state index contributed by atoms with van der Waals surface area (Å²) < 4.78 is 14.1. The van der Waals surface area contributed by atoms with Gasteiger partial charge in [-0.25, -0.2) is 9.37 Å². The molecule has 0 radical (unpaired) electrons. The molecule has 0 saturated carbocycles. The number of benzene rings is 2. The van der Waals surface area contributed by atoms with E-state index in [9.17, 15) is 18.8 Å². The van der Waals surface area contributed by atoms with Crippen LogP contribution in [0.3, 0.4) is 0 Å². The number of aromatic nitrogens is 1. The Hall–Kier alpha value is -3.04. The number of amides is 2. The van der Waals surface area contributed by atoms with Crippen molar-refractivity contribution in [1.29, 1.82) is 0 Å². The number of hydrogen-bond donors (Lipinski definition) is 2. The van der Waals surface area contributed by atoms with Crippen molar-refractivity contribution in [2.24, 2.45) is 0 Å². The van der Waals surface area contributed by atoms with Crippen LogP contribution in [-0.2, 0) is 16.0 Å². The van der Waals surface area contributed by atoms with Crippen LogP contribution >= 0.6 is 23.1 Å². The molecule has 2 amide bonds. The number of carbonyl (C=O) groups excluding carboxylic acids is 3. The molecule has 0 aliphatic carbocycles. The number of nitrogens with one attached hydrogen (secondary N) is 2. The molecule has 0 fully saturated rings. The van der Waals surface area contributed by atoms with E-state index in [0.717, 1.165) is 35.9 Å². The fourth-order valence-electron chi connectivity index (χ4n) is 3.00. The topological polar surface area (TPSA) is 88.2 Å². The highest BCUT2D eigenvalue weighted by Gasteiger charge is 2.12. The minimum atomic E-state index is -0.518. The number of halogens is 1. The van der Waals surface area contributed by atoms with Crippen LogP contribution < -0.4 is 10.6 Å². The van der Waals surface area contributed by atoms with Gasteiger partial charge in [-0.3, -0.25) is 14.4 Å². The Labute approximate surface area is 200 Å². The lowest BCUT2D eigenvalue weighted by Gasteiger charge is -2.05. The Balaban J connectivity index is 1.50. The number of aryl methyl sites for hydroxylation is 1. The lowest BCUT2D eigenvalue weighted by molar-refractivity contribution is -0.119. The van der Waals surface area contributed by atoms with Crippen LogP contribution in [0, 0.1) is 5.82 Å². The molecule has 33 heavy (non-hydrogen) atoms. The van der Waals surface area contributed by atoms with Crippen molar-refractivity contribution in [3.63, 3.8) is 0 Å².